The Labute approximate surface area is 190 Å². The average Bonchev–Trinajstić information content (AvgIpc) is 3.51. The lowest BCUT2D eigenvalue weighted by atomic mass is 9.79. The number of imidazole rings is 1. The Morgan fingerprint density at radius 3 is 2.76 bits per heavy atom. The number of rotatable bonds is 4. The third-order valence-electron chi connectivity index (χ3n) is 6.49. The minimum absolute atomic E-state index is 0.00712. The molecule has 2 aromatic heterocycles. The molecule has 1 spiro atoms. The lowest BCUT2D eigenvalue weighted by Gasteiger charge is -2.20. The Morgan fingerprint density at radius 1 is 1.03 bits per heavy atom. The molecule has 7 heteroatoms. The molecule has 0 saturated carbocycles. The molecule has 0 bridgehead atoms. The van der Waals surface area contributed by atoms with Crippen LogP contribution in [0.5, 0.6) is 0 Å². The first-order valence-electron chi connectivity index (χ1n) is 10.9. The number of fused-ring (bicyclic) bond motifs is 3. The van der Waals surface area contributed by atoms with Crippen molar-refractivity contribution in [1.82, 2.24) is 14.5 Å². The van der Waals surface area contributed by atoms with Gasteiger partial charge in [0.15, 0.2) is 0 Å². The predicted molar refractivity (Wildman–Crippen MR) is 125 cm³/mol. The summed E-state index contributed by atoms with van der Waals surface area (Å²) in [7, 11) is 0. The molecule has 6 rings (SSSR count). The minimum atomic E-state index is -0.612. The molecule has 33 heavy (non-hydrogen) atoms. The van der Waals surface area contributed by atoms with Crippen molar-refractivity contribution in [3.05, 3.63) is 96.1 Å². The van der Waals surface area contributed by atoms with Gasteiger partial charge in [-0.1, -0.05) is 42.5 Å². The van der Waals surface area contributed by atoms with Gasteiger partial charge in [0.05, 0.1) is 17.4 Å². The maximum Gasteiger partial charge on any atom is 0.244 e. The van der Waals surface area contributed by atoms with Crippen LogP contribution in [0.3, 0.4) is 0 Å². The molecule has 2 N–H and O–H groups in total. The number of amides is 2. The second-order valence-electron chi connectivity index (χ2n) is 8.62. The highest BCUT2D eigenvalue weighted by atomic mass is 16.2. The molecule has 0 radical (unpaired) electrons. The summed E-state index contributed by atoms with van der Waals surface area (Å²) < 4.78 is 1.77. The van der Waals surface area contributed by atoms with E-state index >= 15 is 0 Å². The molecule has 0 saturated heterocycles. The fourth-order valence-corrected chi connectivity index (χ4v) is 4.92. The summed E-state index contributed by atoms with van der Waals surface area (Å²) in [6.07, 6.45) is 6.46. The van der Waals surface area contributed by atoms with E-state index in [1.807, 2.05) is 66.9 Å². The SMILES string of the molecule is O=C(Cn1cnc(-c2ccccc2)c1)Nc1ccc2c(c1)CC1(C2)C(=O)Nc2ncccc21. The van der Waals surface area contributed by atoms with Crippen LogP contribution in [-0.2, 0) is 34.4 Å². The molecule has 3 heterocycles. The van der Waals surface area contributed by atoms with E-state index in [2.05, 4.69) is 20.6 Å². The van der Waals surface area contributed by atoms with Gasteiger partial charge in [-0.25, -0.2) is 9.97 Å². The molecule has 0 fully saturated rings. The lowest BCUT2D eigenvalue weighted by molar-refractivity contribution is -0.120. The monoisotopic (exact) mass is 435 g/mol. The van der Waals surface area contributed by atoms with Crippen LogP contribution < -0.4 is 10.6 Å². The van der Waals surface area contributed by atoms with Gasteiger partial charge in [-0.2, -0.15) is 0 Å². The highest BCUT2D eigenvalue weighted by Gasteiger charge is 2.51. The van der Waals surface area contributed by atoms with E-state index < -0.39 is 5.41 Å². The van der Waals surface area contributed by atoms with Crippen molar-refractivity contribution in [3.8, 4) is 11.3 Å². The fourth-order valence-electron chi connectivity index (χ4n) is 4.92. The van der Waals surface area contributed by atoms with Gasteiger partial charge in [-0.05, 0) is 42.2 Å². The Hall–Kier alpha value is -4.26. The number of benzene rings is 2. The van der Waals surface area contributed by atoms with Crippen molar-refractivity contribution in [1.29, 1.82) is 0 Å². The average molecular weight is 435 g/mol. The van der Waals surface area contributed by atoms with Crippen LogP contribution in [-0.4, -0.2) is 26.3 Å². The summed E-state index contributed by atoms with van der Waals surface area (Å²) >= 11 is 0. The molecule has 2 aliphatic rings. The van der Waals surface area contributed by atoms with Crippen LogP contribution in [0.1, 0.15) is 16.7 Å². The number of anilines is 2. The van der Waals surface area contributed by atoms with Crippen LogP contribution in [0, 0.1) is 0 Å². The van der Waals surface area contributed by atoms with Crippen molar-refractivity contribution in [2.45, 2.75) is 24.8 Å². The van der Waals surface area contributed by atoms with E-state index in [1.165, 1.54) is 0 Å². The number of pyridine rings is 1. The van der Waals surface area contributed by atoms with Gasteiger partial charge in [0, 0.05) is 29.2 Å². The van der Waals surface area contributed by atoms with E-state index in [-0.39, 0.29) is 18.4 Å². The Balaban J connectivity index is 1.17. The number of nitrogens with zero attached hydrogens (tertiary/aromatic N) is 3. The topological polar surface area (TPSA) is 88.9 Å². The van der Waals surface area contributed by atoms with Gasteiger partial charge in [0.2, 0.25) is 11.8 Å². The Kier molecular flexibility index (Phi) is 4.36. The number of hydrogen-bond donors (Lipinski definition) is 2. The van der Waals surface area contributed by atoms with Crippen LogP contribution in [0.2, 0.25) is 0 Å². The van der Waals surface area contributed by atoms with E-state index in [1.54, 1.807) is 17.1 Å². The fraction of sp³-hybridized carbons (Fsp3) is 0.154. The molecule has 1 unspecified atom stereocenters. The van der Waals surface area contributed by atoms with E-state index in [0.29, 0.717) is 18.7 Å². The van der Waals surface area contributed by atoms with Gasteiger partial charge in [-0.3, -0.25) is 9.59 Å². The van der Waals surface area contributed by atoms with Crippen LogP contribution in [0.4, 0.5) is 11.5 Å². The lowest BCUT2D eigenvalue weighted by Crippen LogP contribution is -2.35. The van der Waals surface area contributed by atoms with E-state index in [9.17, 15) is 9.59 Å². The van der Waals surface area contributed by atoms with Crippen molar-refractivity contribution in [2.24, 2.45) is 0 Å². The largest absolute Gasteiger partial charge is 0.327 e. The highest BCUT2D eigenvalue weighted by molar-refractivity contribution is 6.06. The maximum atomic E-state index is 12.9. The molecule has 4 aromatic rings. The second kappa shape index (κ2) is 7.41. The Bertz CT molecular complexity index is 1390. The summed E-state index contributed by atoms with van der Waals surface area (Å²) in [6, 6.07) is 19.6. The van der Waals surface area contributed by atoms with Crippen LogP contribution in [0.15, 0.2) is 79.4 Å². The summed E-state index contributed by atoms with van der Waals surface area (Å²) in [6.45, 7) is 0.169. The number of carbonyl (C=O) groups excluding carboxylic acids is 2. The number of aromatic nitrogens is 3. The normalized spacial score (nSPS) is 18.1. The van der Waals surface area contributed by atoms with Gasteiger partial charge >= 0.3 is 0 Å². The molecule has 1 aliphatic carbocycles. The quantitative estimate of drug-likeness (QED) is 0.513. The van der Waals surface area contributed by atoms with Crippen LogP contribution in [0.25, 0.3) is 11.3 Å². The second-order valence-corrected chi connectivity index (χ2v) is 8.62. The molecule has 1 aliphatic heterocycles. The smallest absolute Gasteiger partial charge is 0.244 e. The number of nitrogens with one attached hydrogen (secondary N) is 2. The van der Waals surface area contributed by atoms with Crippen molar-refractivity contribution < 1.29 is 9.59 Å². The predicted octanol–water partition coefficient (Wildman–Crippen LogP) is 3.57. The van der Waals surface area contributed by atoms with Crippen LogP contribution >= 0.6 is 0 Å². The van der Waals surface area contributed by atoms with Gasteiger partial charge in [0.1, 0.15) is 12.4 Å². The number of carbonyl (C=O) groups is 2. The van der Waals surface area contributed by atoms with Gasteiger partial charge in [0.25, 0.3) is 0 Å². The summed E-state index contributed by atoms with van der Waals surface area (Å²) in [5.41, 5.74) is 5.11. The molecular weight excluding hydrogens is 414 g/mol. The maximum absolute atomic E-state index is 12.9. The van der Waals surface area contributed by atoms with Crippen molar-refractivity contribution in [3.63, 3.8) is 0 Å². The summed E-state index contributed by atoms with van der Waals surface area (Å²) in [5.74, 6) is 0.513. The van der Waals surface area contributed by atoms with E-state index in [4.69, 9.17) is 0 Å². The van der Waals surface area contributed by atoms with Crippen molar-refractivity contribution >= 4 is 23.3 Å². The molecule has 162 valence electrons. The zero-order chi connectivity index (χ0) is 22.4. The highest BCUT2D eigenvalue weighted by Crippen LogP contribution is 2.46. The molecular formula is C26H21N5O2. The first kappa shape index (κ1) is 19.4. The first-order valence-corrected chi connectivity index (χ1v) is 10.9. The first-order chi connectivity index (χ1) is 16.1. The molecule has 1 atom stereocenters. The van der Waals surface area contributed by atoms with Gasteiger partial charge in [-0.15, -0.1) is 0 Å². The molecule has 7 nitrogen and oxygen atoms in total. The zero-order valence-electron chi connectivity index (χ0n) is 17.8. The minimum Gasteiger partial charge on any atom is -0.327 e. The standard InChI is InChI=1S/C26H21N5O2/c32-23(15-31-14-22(28-16-31)17-5-2-1-3-6-17)29-20-9-8-18-12-26(13-19(18)11-20)21-7-4-10-27-24(21)30-25(26)33/h1-11,14,16H,12-13,15H2,(H,29,32)(H,27,30,33). The third-order valence-corrected chi connectivity index (χ3v) is 6.49. The number of hydrogen-bond acceptors (Lipinski definition) is 4. The van der Waals surface area contributed by atoms with Gasteiger partial charge < -0.3 is 15.2 Å². The summed E-state index contributed by atoms with van der Waals surface area (Å²) in [4.78, 5) is 34.2. The van der Waals surface area contributed by atoms with Crippen molar-refractivity contribution in [2.75, 3.05) is 10.6 Å². The zero-order valence-corrected chi connectivity index (χ0v) is 17.8. The molecule has 2 amide bonds. The third kappa shape index (κ3) is 3.29. The summed E-state index contributed by atoms with van der Waals surface area (Å²) in [5, 5.41) is 5.90. The van der Waals surface area contributed by atoms with E-state index in [0.717, 1.165) is 33.6 Å². The molecule has 2 aromatic carbocycles. The Morgan fingerprint density at radius 2 is 1.88 bits per heavy atom.